The van der Waals surface area contributed by atoms with Crippen molar-refractivity contribution in [2.45, 2.75) is 26.9 Å². The fourth-order valence-corrected chi connectivity index (χ4v) is 0.245. The predicted molar refractivity (Wildman–Crippen MR) is 31.4 cm³/mol. The fourth-order valence-electron chi connectivity index (χ4n) is 0.245. The van der Waals surface area contributed by atoms with Crippen molar-refractivity contribution in [3.63, 3.8) is 0 Å². The number of hydrogen-bond donors (Lipinski definition) is 0. The van der Waals surface area contributed by atoms with Crippen molar-refractivity contribution >= 4 is 6.47 Å². The van der Waals surface area contributed by atoms with Crippen LogP contribution in [0.2, 0.25) is 0 Å². The van der Waals surface area contributed by atoms with Gasteiger partial charge in [0.2, 0.25) is 0 Å². The standard InChI is InChI=1S/C6H12O2/c1-5(2)6(3)8-4-7/h4-6H,1-3H3. The Morgan fingerprint density at radius 2 is 1.88 bits per heavy atom. The molecular weight excluding hydrogens is 104 g/mol. The number of carbonyl (C=O) groups is 1. The van der Waals surface area contributed by atoms with Gasteiger partial charge in [-0.15, -0.1) is 0 Å². The summed E-state index contributed by atoms with van der Waals surface area (Å²) in [7, 11) is 0. The lowest BCUT2D eigenvalue weighted by molar-refractivity contribution is -0.134. The van der Waals surface area contributed by atoms with Gasteiger partial charge in [-0.1, -0.05) is 13.8 Å². The maximum absolute atomic E-state index is 9.70. The van der Waals surface area contributed by atoms with Gasteiger partial charge in [-0.3, -0.25) is 4.79 Å². The zero-order valence-corrected chi connectivity index (χ0v) is 5.55. The van der Waals surface area contributed by atoms with E-state index in [4.69, 9.17) is 0 Å². The van der Waals surface area contributed by atoms with Gasteiger partial charge < -0.3 is 4.74 Å². The SMILES string of the molecule is CC(C)C(C)OC=O. The van der Waals surface area contributed by atoms with E-state index in [-0.39, 0.29) is 6.10 Å². The molecule has 0 spiro atoms. The van der Waals surface area contributed by atoms with E-state index < -0.39 is 0 Å². The van der Waals surface area contributed by atoms with Gasteiger partial charge in [0.1, 0.15) is 6.10 Å². The van der Waals surface area contributed by atoms with Crippen LogP contribution in [0.5, 0.6) is 0 Å². The Bertz CT molecular complexity index is 68.9. The highest BCUT2D eigenvalue weighted by Crippen LogP contribution is 2.02. The minimum atomic E-state index is 0.0486. The second-order valence-corrected chi connectivity index (χ2v) is 2.18. The average Bonchev–Trinajstić information content (AvgIpc) is 1.67. The van der Waals surface area contributed by atoms with Crippen LogP contribution < -0.4 is 0 Å². The second kappa shape index (κ2) is 3.47. The van der Waals surface area contributed by atoms with Gasteiger partial charge in [0.05, 0.1) is 0 Å². The Labute approximate surface area is 49.8 Å². The molecule has 0 aliphatic carbocycles. The van der Waals surface area contributed by atoms with Crippen LogP contribution in [0.15, 0.2) is 0 Å². The lowest BCUT2D eigenvalue weighted by Crippen LogP contribution is -2.13. The Hall–Kier alpha value is -0.530. The molecule has 8 heavy (non-hydrogen) atoms. The molecule has 0 saturated carbocycles. The smallest absolute Gasteiger partial charge is 0.293 e. The molecule has 0 heterocycles. The van der Waals surface area contributed by atoms with Crippen LogP contribution in [0.4, 0.5) is 0 Å². The molecule has 0 amide bonds. The van der Waals surface area contributed by atoms with Crippen LogP contribution in [-0.4, -0.2) is 12.6 Å². The van der Waals surface area contributed by atoms with Crippen LogP contribution in [0.1, 0.15) is 20.8 Å². The van der Waals surface area contributed by atoms with Crippen LogP contribution in [0.25, 0.3) is 0 Å². The van der Waals surface area contributed by atoms with Crippen molar-refractivity contribution in [1.29, 1.82) is 0 Å². The Kier molecular flexibility index (Phi) is 3.24. The zero-order chi connectivity index (χ0) is 6.57. The monoisotopic (exact) mass is 116 g/mol. The molecule has 0 fully saturated rings. The molecule has 0 aromatic heterocycles. The maximum Gasteiger partial charge on any atom is 0.293 e. The summed E-state index contributed by atoms with van der Waals surface area (Å²) >= 11 is 0. The largest absolute Gasteiger partial charge is 0.465 e. The van der Waals surface area contributed by atoms with Crippen molar-refractivity contribution < 1.29 is 9.53 Å². The van der Waals surface area contributed by atoms with Gasteiger partial charge in [-0.2, -0.15) is 0 Å². The Balaban J connectivity index is 3.30. The molecule has 48 valence electrons. The van der Waals surface area contributed by atoms with Crippen molar-refractivity contribution in [1.82, 2.24) is 0 Å². The molecule has 0 saturated heterocycles. The topological polar surface area (TPSA) is 26.3 Å². The van der Waals surface area contributed by atoms with E-state index in [1.165, 1.54) is 0 Å². The minimum absolute atomic E-state index is 0.0486. The number of rotatable bonds is 3. The quantitative estimate of drug-likeness (QED) is 0.518. The molecule has 0 aromatic carbocycles. The third-order valence-electron chi connectivity index (χ3n) is 1.21. The number of ether oxygens (including phenoxy) is 1. The average molecular weight is 116 g/mol. The minimum Gasteiger partial charge on any atom is -0.465 e. The van der Waals surface area contributed by atoms with Crippen molar-refractivity contribution in [3.05, 3.63) is 0 Å². The first kappa shape index (κ1) is 7.47. The zero-order valence-electron chi connectivity index (χ0n) is 5.55. The summed E-state index contributed by atoms with van der Waals surface area (Å²) in [6.45, 7) is 6.38. The molecule has 0 radical (unpaired) electrons. The molecule has 0 aliphatic rings. The summed E-state index contributed by atoms with van der Waals surface area (Å²) in [5.74, 6) is 0.417. The first-order valence-corrected chi connectivity index (χ1v) is 2.77. The molecule has 2 heteroatoms. The third kappa shape index (κ3) is 2.61. The van der Waals surface area contributed by atoms with Crippen LogP contribution >= 0.6 is 0 Å². The highest BCUT2D eigenvalue weighted by Gasteiger charge is 2.04. The number of hydrogen-bond acceptors (Lipinski definition) is 2. The highest BCUT2D eigenvalue weighted by atomic mass is 16.5. The van der Waals surface area contributed by atoms with Crippen molar-refractivity contribution in [2.75, 3.05) is 0 Å². The Morgan fingerprint density at radius 1 is 1.38 bits per heavy atom. The summed E-state index contributed by atoms with van der Waals surface area (Å²) < 4.78 is 4.62. The predicted octanol–water partition coefficient (Wildman–Crippen LogP) is 1.20. The van der Waals surface area contributed by atoms with Gasteiger partial charge in [-0.25, -0.2) is 0 Å². The van der Waals surface area contributed by atoms with E-state index in [2.05, 4.69) is 4.74 Å². The van der Waals surface area contributed by atoms with Gasteiger partial charge >= 0.3 is 0 Å². The molecular formula is C6H12O2. The van der Waals surface area contributed by atoms with Gasteiger partial charge in [-0.05, 0) is 12.8 Å². The summed E-state index contributed by atoms with van der Waals surface area (Å²) in [4.78, 5) is 9.70. The van der Waals surface area contributed by atoms with E-state index >= 15 is 0 Å². The molecule has 1 atom stereocenters. The van der Waals surface area contributed by atoms with Crippen LogP contribution in [0, 0.1) is 5.92 Å². The molecule has 2 nitrogen and oxygen atoms in total. The maximum atomic E-state index is 9.70. The van der Waals surface area contributed by atoms with E-state index in [1.807, 2.05) is 20.8 Å². The van der Waals surface area contributed by atoms with E-state index in [1.54, 1.807) is 0 Å². The van der Waals surface area contributed by atoms with Crippen LogP contribution in [-0.2, 0) is 9.53 Å². The summed E-state index contributed by atoms with van der Waals surface area (Å²) in [6, 6.07) is 0. The van der Waals surface area contributed by atoms with E-state index in [0.717, 1.165) is 0 Å². The third-order valence-corrected chi connectivity index (χ3v) is 1.21. The molecule has 1 unspecified atom stereocenters. The molecule has 0 bridgehead atoms. The molecule has 0 rings (SSSR count). The number of carbonyl (C=O) groups excluding carboxylic acids is 1. The normalized spacial score (nSPS) is 13.5. The van der Waals surface area contributed by atoms with E-state index in [0.29, 0.717) is 12.4 Å². The summed E-state index contributed by atoms with van der Waals surface area (Å²) in [6.07, 6.45) is 0.0486. The first-order valence-electron chi connectivity index (χ1n) is 2.77. The lowest BCUT2D eigenvalue weighted by atomic mass is 10.1. The summed E-state index contributed by atoms with van der Waals surface area (Å²) in [5.41, 5.74) is 0. The second-order valence-electron chi connectivity index (χ2n) is 2.18. The van der Waals surface area contributed by atoms with Gasteiger partial charge in [0.15, 0.2) is 0 Å². The van der Waals surface area contributed by atoms with Crippen molar-refractivity contribution in [2.24, 2.45) is 5.92 Å². The van der Waals surface area contributed by atoms with Gasteiger partial charge in [0, 0.05) is 0 Å². The first-order chi connectivity index (χ1) is 3.68. The fraction of sp³-hybridized carbons (Fsp3) is 0.833. The molecule has 0 aliphatic heterocycles. The van der Waals surface area contributed by atoms with Gasteiger partial charge in [0.25, 0.3) is 6.47 Å². The molecule has 0 N–H and O–H groups in total. The molecule has 0 aromatic rings. The highest BCUT2D eigenvalue weighted by molar-refractivity contribution is 5.37. The Morgan fingerprint density at radius 3 is 2.00 bits per heavy atom. The lowest BCUT2D eigenvalue weighted by Gasteiger charge is -2.11. The van der Waals surface area contributed by atoms with Crippen molar-refractivity contribution in [3.8, 4) is 0 Å². The van der Waals surface area contributed by atoms with E-state index in [9.17, 15) is 4.79 Å². The van der Waals surface area contributed by atoms with Crippen LogP contribution in [0.3, 0.4) is 0 Å². The summed E-state index contributed by atoms with van der Waals surface area (Å²) in [5, 5.41) is 0.